The van der Waals surface area contributed by atoms with E-state index in [0.717, 1.165) is 5.39 Å². The largest absolute Gasteiger partial charge is 0.505 e. The van der Waals surface area contributed by atoms with E-state index in [0.29, 0.717) is 11.1 Å². The lowest BCUT2D eigenvalue weighted by Gasteiger charge is -2.06. The number of benzene rings is 2. The summed E-state index contributed by atoms with van der Waals surface area (Å²) < 4.78 is 0. The van der Waals surface area contributed by atoms with Crippen molar-refractivity contribution in [1.29, 1.82) is 0 Å². The molecule has 0 aromatic heterocycles. The third-order valence-corrected chi connectivity index (χ3v) is 2.37. The van der Waals surface area contributed by atoms with E-state index in [-0.39, 0.29) is 16.5 Å². The molecule has 2 aromatic carbocycles. The maximum atomic E-state index is 9.99. The van der Waals surface area contributed by atoms with Crippen molar-refractivity contribution in [2.45, 2.75) is 0 Å². The smallest absolute Gasteiger partial charge is 0.211 e. The van der Waals surface area contributed by atoms with Crippen molar-refractivity contribution in [2.24, 2.45) is 16.0 Å². The van der Waals surface area contributed by atoms with Gasteiger partial charge in [0, 0.05) is 16.5 Å². The fourth-order valence-electron chi connectivity index (χ4n) is 1.55. The Morgan fingerprint density at radius 2 is 1.88 bits per heavy atom. The molecular formula is C11H10N4OS. The fourth-order valence-corrected chi connectivity index (χ4v) is 1.59. The minimum Gasteiger partial charge on any atom is -0.505 e. The topological polar surface area (TPSA) is 97.0 Å². The number of phenolic OH excluding ortho intramolecular Hbond substituents is 1. The summed E-state index contributed by atoms with van der Waals surface area (Å²) >= 11 is 4.57. The first-order valence-electron chi connectivity index (χ1n) is 4.81. The summed E-state index contributed by atoms with van der Waals surface area (Å²) in [7, 11) is 0. The molecule has 0 unspecified atom stereocenters. The Morgan fingerprint density at radius 1 is 1.24 bits per heavy atom. The van der Waals surface area contributed by atoms with Gasteiger partial charge in [0.2, 0.25) is 5.11 Å². The van der Waals surface area contributed by atoms with Gasteiger partial charge in [0.15, 0.2) is 5.75 Å². The van der Waals surface area contributed by atoms with Crippen LogP contribution in [0.4, 0.5) is 11.4 Å². The number of fused-ring (bicyclic) bond motifs is 1. The number of phenols is 1. The summed E-state index contributed by atoms with van der Waals surface area (Å²) in [4.78, 5) is 0. The third-order valence-electron chi connectivity index (χ3n) is 2.28. The molecule has 2 aromatic rings. The number of nitrogens with zero attached hydrogens (tertiary/aromatic N) is 2. The average molecular weight is 246 g/mol. The van der Waals surface area contributed by atoms with Crippen molar-refractivity contribution >= 4 is 39.5 Å². The van der Waals surface area contributed by atoms with Crippen LogP contribution in [0.15, 0.2) is 40.6 Å². The number of anilines is 1. The lowest BCUT2D eigenvalue weighted by Crippen LogP contribution is -2.01. The molecule has 0 radical (unpaired) electrons. The van der Waals surface area contributed by atoms with Gasteiger partial charge < -0.3 is 16.6 Å². The van der Waals surface area contributed by atoms with E-state index in [2.05, 4.69) is 22.4 Å². The molecule has 0 fully saturated rings. The van der Waals surface area contributed by atoms with Crippen LogP contribution in [0.2, 0.25) is 0 Å². The molecule has 0 saturated heterocycles. The van der Waals surface area contributed by atoms with E-state index in [1.807, 2.05) is 12.1 Å². The molecule has 5 N–H and O–H groups in total. The first-order chi connectivity index (χ1) is 8.09. The number of nitrogens with two attached hydrogens (primary N) is 2. The normalized spacial score (nSPS) is 11.1. The zero-order valence-corrected chi connectivity index (χ0v) is 9.61. The molecule has 0 bridgehead atoms. The lowest BCUT2D eigenvalue weighted by molar-refractivity contribution is 0.483. The monoisotopic (exact) mass is 246 g/mol. The van der Waals surface area contributed by atoms with Gasteiger partial charge in [-0.2, -0.15) is 0 Å². The van der Waals surface area contributed by atoms with Gasteiger partial charge >= 0.3 is 0 Å². The maximum absolute atomic E-state index is 9.99. The number of nitrogen functional groups attached to an aromatic ring is 1. The summed E-state index contributed by atoms with van der Waals surface area (Å²) in [6, 6.07) is 8.74. The zero-order valence-electron chi connectivity index (χ0n) is 8.79. The zero-order chi connectivity index (χ0) is 12.4. The second-order valence-corrected chi connectivity index (χ2v) is 3.84. The molecule has 0 aliphatic carbocycles. The first kappa shape index (κ1) is 11.3. The van der Waals surface area contributed by atoms with E-state index < -0.39 is 0 Å². The van der Waals surface area contributed by atoms with Crippen molar-refractivity contribution in [3.63, 3.8) is 0 Å². The van der Waals surface area contributed by atoms with Crippen molar-refractivity contribution in [1.82, 2.24) is 0 Å². The molecular weight excluding hydrogens is 236 g/mol. The molecule has 0 aliphatic heterocycles. The Balaban J connectivity index is 2.67. The van der Waals surface area contributed by atoms with Crippen LogP contribution in [0.25, 0.3) is 10.8 Å². The van der Waals surface area contributed by atoms with Crippen LogP contribution in [-0.2, 0) is 0 Å². The molecule has 0 atom stereocenters. The van der Waals surface area contributed by atoms with Gasteiger partial charge in [0.1, 0.15) is 5.69 Å². The number of rotatable bonds is 1. The number of hydrogen-bond donors (Lipinski definition) is 3. The predicted molar refractivity (Wildman–Crippen MR) is 71.3 cm³/mol. The predicted octanol–water partition coefficient (Wildman–Crippen LogP) is 2.45. The second kappa shape index (κ2) is 4.34. The Kier molecular flexibility index (Phi) is 2.88. The second-order valence-electron chi connectivity index (χ2n) is 3.42. The number of aromatic hydroxyl groups is 1. The van der Waals surface area contributed by atoms with Gasteiger partial charge in [0.25, 0.3) is 0 Å². The fraction of sp³-hybridized carbons (Fsp3) is 0. The molecule has 17 heavy (non-hydrogen) atoms. The summed E-state index contributed by atoms with van der Waals surface area (Å²) in [6.45, 7) is 0. The van der Waals surface area contributed by atoms with Crippen molar-refractivity contribution in [3.8, 4) is 5.75 Å². The lowest BCUT2D eigenvalue weighted by atomic mass is 10.1. The minimum atomic E-state index is -0.101. The van der Waals surface area contributed by atoms with Crippen molar-refractivity contribution in [2.75, 3.05) is 5.73 Å². The maximum Gasteiger partial charge on any atom is 0.211 e. The van der Waals surface area contributed by atoms with Crippen LogP contribution in [0.3, 0.4) is 0 Å². The first-order valence-corrected chi connectivity index (χ1v) is 5.22. The standard InChI is InChI=1S/C11H10N4OS/c12-8-5-9(14-15-11(13)17)10(16)7-4-2-1-3-6(7)8/h1-5,16H,12H2,(H2,13,17). The van der Waals surface area contributed by atoms with Gasteiger partial charge in [-0.1, -0.05) is 24.3 Å². The van der Waals surface area contributed by atoms with Gasteiger partial charge in [-0.25, -0.2) is 0 Å². The molecule has 0 amide bonds. The molecule has 0 spiro atoms. The number of hydrogen-bond acceptors (Lipinski definition) is 4. The van der Waals surface area contributed by atoms with Gasteiger partial charge in [-0.05, 0) is 18.3 Å². The van der Waals surface area contributed by atoms with E-state index in [1.165, 1.54) is 6.07 Å². The van der Waals surface area contributed by atoms with E-state index >= 15 is 0 Å². The molecule has 0 saturated carbocycles. The summed E-state index contributed by atoms with van der Waals surface area (Å²) in [5.41, 5.74) is 11.8. The van der Waals surface area contributed by atoms with E-state index in [1.54, 1.807) is 12.1 Å². The molecule has 86 valence electrons. The highest BCUT2D eigenvalue weighted by Gasteiger charge is 2.08. The minimum absolute atomic E-state index is 0.00907. The van der Waals surface area contributed by atoms with Crippen LogP contribution < -0.4 is 11.5 Å². The van der Waals surface area contributed by atoms with Gasteiger partial charge in [-0.15, -0.1) is 10.2 Å². The van der Waals surface area contributed by atoms with Gasteiger partial charge in [-0.3, -0.25) is 0 Å². The highest BCUT2D eigenvalue weighted by molar-refractivity contribution is 7.80. The van der Waals surface area contributed by atoms with Gasteiger partial charge in [0.05, 0.1) is 0 Å². The SMILES string of the molecule is NC(=S)N=Nc1cc(N)c2ccccc2c1O. The summed E-state index contributed by atoms with van der Waals surface area (Å²) in [5.74, 6) is 0.00907. The quantitative estimate of drug-likeness (QED) is 0.311. The molecule has 0 heterocycles. The molecule has 2 rings (SSSR count). The van der Waals surface area contributed by atoms with Crippen LogP contribution in [0.1, 0.15) is 0 Å². The Hall–Kier alpha value is -2.21. The molecule has 0 aliphatic rings. The Morgan fingerprint density at radius 3 is 2.53 bits per heavy atom. The van der Waals surface area contributed by atoms with E-state index in [9.17, 15) is 5.11 Å². The summed E-state index contributed by atoms with van der Waals surface area (Å²) in [5, 5.41) is 18.5. The van der Waals surface area contributed by atoms with Crippen LogP contribution >= 0.6 is 12.2 Å². The molecule has 5 nitrogen and oxygen atoms in total. The average Bonchev–Trinajstić information content (AvgIpc) is 2.32. The Labute approximate surface area is 103 Å². The van der Waals surface area contributed by atoms with Crippen LogP contribution in [0, 0.1) is 0 Å². The van der Waals surface area contributed by atoms with Crippen LogP contribution in [-0.4, -0.2) is 10.2 Å². The third kappa shape index (κ3) is 2.16. The van der Waals surface area contributed by atoms with Crippen molar-refractivity contribution in [3.05, 3.63) is 30.3 Å². The Bertz CT molecular complexity index is 624. The number of thiocarbonyl (C=S) groups is 1. The number of azo groups is 1. The highest BCUT2D eigenvalue weighted by Crippen LogP contribution is 2.38. The summed E-state index contributed by atoms with van der Waals surface area (Å²) in [6.07, 6.45) is 0. The van der Waals surface area contributed by atoms with E-state index in [4.69, 9.17) is 11.5 Å². The van der Waals surface area contributed by atoms with Crippen molar-refractivity contribution < 1.29 is 5.11 Å². The highest BCUT2D eigenvalue weighted by atomic mass is 32.1. The molecule has 6 heteroatoms. The van der Waals surface area contributed by atoms with Crippen LogP contribution in [0.5, 0.6) is 5.75 Å².